The van der Waals surface area contributed by atoms with Crippen LogP contribution in [0.4, 0.5) is 0 Å². The van der Waals surface area contributed by atoms with Gasteiger partial charge in [-0.15, -0.1) is 0 Å². The smallest absolute Gasteiger partial charge is 0.185 e. The summed E-state index contributed by atoms with van der Waals surface area (Å²) in [5.74, 6) is 0.0140. The van der Waals surface area contributed by atoms with Crippen LogP contribution in [0.15, 0.2) is 41.3 Å². The highest BCUT2D eigenvalue weighted by molar-refractivity contribution is 5.95. The van der Waals surface area contributed by atoms with Crippen molar-refractivity contribution in [2.75, 3.05) is 0 Å². The van der Waals surface area contributed by atoms with E-state index in [-0.39, 0.29) is 5.78 Å². The van der Waals surface area contributed by atoms with Gasteiger partial charge in [-0.1, -0.05) is 0 Å². The monoisotopic (exact) mass is 201 g/mol. The zero-order valence-electron chi connectivity index (χ0n) is 8.43. The SMILES string of the molecule is Cc1ccnc(C(=O)Cc2ccoc2)c1. The number of carbonyl (C=O) groups is 1. The van der Waals surface area contributed by atoms with Gasteiger partial charge in [-0.3, -0.25) is 9.78 Å². The second kappa shape index (κ2) is 4.09. The van der Waals surface area contributed by atoms with Gasteiger partial charge in [0.05, 0.1) is 12.5 Å². The van der Waals surface area contributed by atoms with E-state index in [9.17, 15) is 4.79 Å². The summed E-state index contributed by atoms with van der Waals surface area (Å²) in [7, 11) is 0. The summed E-state index contributed by atoms with van der Waals surface area (Å²) in [5.41, 5.74) is 2.43. The fourth-order valence-electron chi connectivity index (χ4n) is 1.36. The summed E-state index contributed by atoms with van der Waals surface area (Å²) in [6, 6.07) is 5.45. The summed E-state index contributed by atoms with van der Waals surface area (Å²) in [5, 5.41) is 0. The summed E-state index contributed by atoms with van der Waals surface area (Å²) in [4.78, 5) is 15.8. The molecule has 0 aromatic carbocycles. The molecule has 2 aromatic heterocycles. The van der Waals surface area contributed by atoms with Crippen LogP contribution >= 0.6 is 0 Å². The molecule has 3 nitrogen and oxygen atoms in total. The van der Waals surface area contributed by atoms with E-state index in [0.29, 0.717) is 12.1 Å². The third-order valence-corrected chi connectivity index (χ3v) is 2.15. The van der Waals surface area contributed by atoms with Crippen molar-refractivity contribution in [2.24, 2.45) is 0 Å². The van der Waals surface area contributed by atoms with Crippen LogP contribution in [0.1, 0.15) is 21.6 Å². The first-order valence-corrected chi connectivity index (χ1v) is 4.72. The first-order chi connectivity index (χ1) is 7.25. The van der Waals surface area contributed by atoms with Crippen molar-refractivity contribution in [2.45, 2.75) is 13.3 Å². The molecule has 0 aliphatic carbocycles. The maximum absolute atomic E-state index is 11.8. The van der Waals surface area contributed by atoms with Crippen molar-refractivity contribution >= 4 is 5.78 Å². The molecule has 0 fully saturated rings. The van der Waals surface area contributed by atoms with Crippen molar-refractivity contribution in [3.8, 4) is 0 Å². The minimum atomic E-state index is 0.0140. The Kier molecular flexibility index (Phi) is 2.63. The normalized spacial score (nSPS) is 10.2. The number of hydrogen-bond acceptors (Lipinski definition) is 3. The van der Waals surface area contributed by atoms with Crippen LogP contribution in [-0.2, 0) is 6.42 Å². The Hall–Kier alpha value is -1.90. The van der Waals surface area contributed by atoms with E-state index in [1.54, 1.807) is 30.9 Å². The number of aromatic nitrogens is 1. The molecule has 0 aliphatic rings. The largest absolute Gasteiger partial charge is 0.472 e. The number of ketones is 1. The summed E-state index contributed by atoms with van der Waals surface area (Å²) >= 11 is 0. The Bertz CT molecular complexity index is 460. The third-order valence-electron chi connectivity index (χ3n) is 2.15. The van der Waals surface area contributed by atoms with Crippen LogP contribution in [0, 0.1) is 6.92 Å². The van der Waals surface area contributed by atoms with Gasteiger partial charge in [0, 0.05) is 12.6 Å². The van der Waals surface area contributed by atoms with Crippen LogP contribution < -0.4 is 0 Å². The van der Waals surface area contributed by atoms with Gasteiger partial charge < -0.3 is 4.42 Å². The van der Waals surface area contributed by atoms with Gasteiger partial charge in [0.25, 0.3) is 0 Å². The average Bonchev–Trinajstić information content (AvgIpc) is 2.70. The summed E-state index contributed by atoms with van der Waals surface area (Å²) in [6.45, 7) is 1.94. The number of nitrogens with zero attached hydrogens (tertiary/aromatic N) is 1. The maximum Gasteiger partial charge on any atom is 0.185 e. The molecule has 0 saturated carbocycles. The number of pyridine rings is 1. The predicted molar refractivity (Wildman–Crippen MR) is 55.7 cm³/mol. The van der Waals surface area contributed by atoms with Crippen molar-refractivity contribution < 1.29 is 9.21 Å². The van der Waals surface area contributed by atoms with Gasteiger partial charge in [-0.25, -0.2) is 0 Å². The minimum Gasteiger partial charge on any atom is -0.472 e. The van der Waals surface area contributed by atoms with E-state index in [4.69, 9.17) is 4.42 Å². The molecule has 0 saturated heterocycles. The van der Waals surface area contributed by atoms with E-state index < -0.39 is 0 Å². The second-order valence-corrected chi connectivity index (χ2v) is 3.45. The molecular formula is C12H11NO2. The van der Waals surface area contributed by atoms with Crippen LogP contribution in [0.5, 0.6) is 0 Å². The Morgan fingerprint density at radius 2 is 2.33 bits per heavy atom. The molecule has 15 heavy (non-hydrogen) atoms. The predicted octanol–water partition coefficient (Wildman–Crippen LogP) is 2.41. The van der Waals surface area contributed by atoms with Crippen LogP contribution in [0.3, 0.4) is 0 Å². The number of Topliss-reactive ketones (excluding diaryl/α,β-unsaturated/α-hetero) is 1. The zero-order valence-corrected chi connectivity index (χ0v) is 8.43. The maximum atomic E-state index is 11.8. The molecule has 2 rings (SSSR count). The lowest BCUT2D eigenvalue weighted by Gasteiger charge is -1.99. The Balaban J connectivity index is 2.15. The standard InChI is InChI=1S/C12H11NO2/c1-9-2-4-13-11(6-9)12(14)7-10-3-5-15-8-10/h2-6,8H,7H2,1H3. The molecule has 0 N–H and O–H groups in total. The van der Waals surface area contributed by atoms with Crippen molar-refractivity contribution in [3.05, 3.63) is 53.7 Å². The summed E-state index contributed by atoms with van der Waals surface area (Å²) in [6.07, 6.45) is 5.13. The number of carbonyl (C=O) groups excluding carboxylic acids is 1. The van der Waals surface area contributed by atoms with E-state index in [0.717, 1.165) is 11.1 Å². The van der Waals surface area contributed by atoms with Gasteiger partial charge in [0.15, 0.2) is 5.78 Å². The molecule has 3 heteroatoms. The minimum absolute atomic E-state index is 0.0140. The summed E-state index contributed by atoms with van der Waals surface area (Å²) < 4.78 is 4.90. The quantitative estimate of drug-likeness (QED) is 0.716. The van der Waals surface area contributed by atoms with Gasteiger partial charge in [-0.05, 0) is 36.2 Å². The average molecular weight is 201 g/mol. The number of furan rings is 1. The highest BCUT2D eigenvalue weighted by atomic mass is 16.3. The van der Waals surface area contributed by atoms with Gasteiger partial charge in [0.2, 0.25) is 0 Å². The van der Waals surface area contributed by atoms with Crippen molar-refractivity contribution in [1.82, 2.24) is 4.98 Å². The molecular weight excluding hydrogens is 190 g/mol. The van der Waals surface area contributed by atoms with E-state index in [1.807, 2.05) is 13.0 Å². The molecule has 0 aliphatic heterocycles. The lowest BCUT2D eigenvalue weighted by Crippen LogP contribution is -2.05. The van der Waals surface area contributed by atoms with E-state index in [1.165, 1.54) is 0 Å². The molecule has 0 radical (unpaired) electrons. The first-order valence-electron chi connectivity index (χ1n) is 4.72. The molecule has 2 heterocycles. The molecule has 0 unspecified atom stereocenters. The fourth-order valence-corrected chi connectivity index (χ4v) is 1.36. The highest BCUT2D eigenvalue weighted by Crippen LogP contribution is 2.07. The lowest BCUT2D eigenvalue weighted by atomic mass is 10.1. The van der Waals surface area contributed by atoms with Crippen LogP contribution in [0.25, 0.3) is 0 Å². The van der Waals surface area contributed by atoms with Crippen molar-refractivity contribution in [3.63, 3.8) is 0 Å². The van der Waals surface area contributed by atoms with Gasteiger partial charge in [0.1, 0.15) is 5.69 Å². The molecule has 0 atom stereocenters. The third kappa shape index (κ3) is 2.31. The number of hydrogen-bond donors (Lipinski definition) is 0. The molecule has 0 spiro atoms. The van der Waals surface area contributed by atoms with Crippen molar-refractivity contribution in [1.29, 1.82) is 0 Å². The number of rotatable bonds is 3. The fraction of sp³-hybridized carbons (Fsp3) is 0.167. The van der Waals surface area contributed by atoms with Crippen LogP contribution in [-0.4, -0.2) is 10.8 Å². The molecule has 2 aromatic rings. The highest BCUT2D eigenvalue weighted by Gasteiger charge is 2.08. The van der Waals surface area contributed by atoms with Gasteiger partial charge >= 0.3 is 0 Å². The van der Waals surface area contributed by atoms with Crippen LogP contribution in [0.2, 0.25) is 0 Å². The zero-order chi connectivity index (χ0) is 10.7. The molecule has 76 valence electrons. The Labute approximate surface area is 87.8 Å². The molecule has 0 bridgehead atoms. The molecule has 0 amide bonds. The second-order valence-electron chi connectivity index (χ2n) is 3.45. The lowest BCUT2D eigenvalue weighted by molar-refractivity contribution is 0.0988. The first kappa shape index (κ1) is 9.65. The van der Waals surface area contributed by atoms with Gasteiger partial charge in [-0.2, -0.15) is 0 Å². The topological polar surface area (TPSA) is 43.1 Å². The number of aryl methyl sites for hydroxylation is 1. The Morgan fingerprint density at radius 1 is 1.47 bits per heavy atom. The van der Waals surface area contributed by atoms with E-state index in [2.05, 4.69) is 4.98 Å². The Morgan fingerprint density at radius 3 is 3.00 bits per heavy atom. The van der Waals surface area contributed by atoms with E-state index >= 15 is 0 Å².